The number of ether oxygens (including phenoxy) is 1. The highest BCUT2D eigenvalue weighted by atomic mass is 16.5. The third-order valence-corrected chi connectivity index (χ3v) is 2.99. The summed E-state index contributed by atoms with van der Waals surface area (Å²) in [6.45, 7) is 4.04. The minimum absolute atomic E-state index is 0.196. The molecule has 3 unspecified atom stereocenters. The first-order valence-electron chi connectivity index (χ1n) is 5.23. The average molecular weight is 199 g/mol. The summed E-state index contributed by atoms with van der Waals surface area (Å²) in [5.41, 5.74) is 0. The molecule has 0 radical (unpaired) electrons. The molecule has 4 nitrogen and oxygen atoms in total. The van der Waals surface area contributed by atoms with Gasteiger partial charge >= 0.3 is 0 Å². The Bertz CT molecular complexity index is 231. The van der Waals surface area contributed by atoms with Crippen LogP contribution in [0.3, 0.4) is 0 Å². The van der Waals surface area contributed by atoms with Crippen LogP contribution < -0.4 is 0 Å². The molecule has 0 aromatic rings. The molecule has 0 aromatic heterocycles. The summed E-state index contributed by atoms with van der Waals surface area (Å²) < 4.78 is 5.17. The maximum Gasteiger partial charge on any atom is 0.226 e. The number of carbonyl (C=O) groups excluding carboxylic acids is 1. The molecule has 1 amide bonds. The molecular formula is C10H17NO3. The van der Waals surface area contributed by atoms with Crippen molar-refractivity contribution >= 4 is 5.91 Å². The van der Waals surface area contributed by atoms with Crippen LogP contribution in [0.2, 0.25) is 0 Å². The van der Waals surface area contributed by atoms with Gasteiger partial charge in [-0.2, -0.15) is 0 Å². The van der Waals surface area contributed by atoms with Crippen LogP contribution in [0.25, 0.3) is 0 Å². The zero-order valence-electron chi connectivity index (χ0n) is 8.48. The standard InChI is InChI=1S/C10H17NO3/c1-7-4-9(7)10(13)11-2-3-14-6-8(12)5-11/h7-9,12H,2-6H2,1H3. The molecule has 80 valence electrons. The monoisotopic (exact) mass is 199 g/mol. The highest BCUT2D eigenvalue weighted by Gasteiger charge is 2.41. The molecule has 3 atom stereocenters. The average Bonchev–Trinajstić information content (AvgIpc) is 2.89. The molecule has 1 heterocycles. The van der Waals surface area contributed by atoms with Crippen LogP contribution in [0.5, 0.6) is 0 Å². The lowest BCUT2D eigenvalue weighted by Crippen LogP contribution is -2.38. The minimum Gasteiger partial charge on any atom is -0.389 e. The van der Waals surface area contributed by atoms with Crippen LogP contribution in [-0.4, -0.2) is 48.3 Å². The maximum atomic E-state index is 11.8. The topological polar surface area (TPSA) is 49.8 Å². The van der Waals surface area contributed by atoms with Gasteiger partial charge in [-0.1, -0.05) is 6.92 Å². The van der Waals surface area contributed by atoms with Gasteiger partial charge in [0, 0.05) is 19.0 Å². The minimum atomic E-state index is -0.518. The highest BCUT2D eigenvalue weighted by Crippen LogP contribution is 2.39. The SMILES string of the molecule is CC1CC1C(=O)N1CCOCC(O)C1. The van der Waals surface area contributed by atoms with E-state index in [0.29, 0.717) is 32.2 Å². The molecule has 1 aliphatic carbocycles. The van der Waals surface area contributed by atoms with Crippen molar-refractivity contribution in [3.8, 4) is 0 Å². The normalized spacial score (nSPS) is 37.9. The summed E-state index contributed by atoms with van der Waals surface area (Å²) in [5, 5.41) is 9.46. The summed E-state index contributed by atoms with van der Waals surface area (Å²) >= 11 is 0. The van der Waals surface area contributed by atoms with Crippen molar-refractivity contribution < 1.29 is 14.6 Å². The van der Waals surface area contributed by atoms with Gasteiger partial charge in [-0.15, -0.1) is 0 Å². The van der Waals surface area contributed by atoms with Crippen molar-refractivity contribution in [1.29, 1.82) is 0 Å². The largest absolute Gasteiger partial charge is 0.389 e. The fourth-order valence-corrected chi connectivity index (χ4v) is 1.89. The quantitative estimate of drug-likeness (QED) is 0.639. The third-order valence-electron chi connectivity index (χ3n) is 2.99. The van der Waals surface area contributed by atoms with Crippen molar-refractivity contribution in [3.05, 3.63) is 0 Å². The van der Waals surface area contributed by atoms with Crippen LogP contribution >= 0.6 is 0 Å². The van der Waals surface area contributed by atoms with Gasteiger partial charge in [-0.3, -0.25) is 4.79 Å². The number of aliphatic hydroxyl groups excluding tert-OH is 1. The summed E-state index contributed by atoms with van der Waals surface area (Å²) in [5.74, 6) is 0.936. The molecule has 1 aliphatic heterocycles. The maximum absolute atomic E-state index is 11.8. The van der Waals surface area contributed by atoms with E-state index in [2.05, 4.69) is 6.92 Å². The lowest BCUT2D eigenvalue weighted by molar-refractivity contribution is -0.133. The van der Waals surface area contributed by atoms with E-state index in [0.717, 1.165) is 6.42 Å². The van der Waals surface area contributed by atoms with Crippen LogP contribution in [0.15, 0.2) is 0 Å². The second-order valence-corrected chi connectivity index (χ2v) is 4.33. The highest BCUT2D eigenvalue weighted by molar-refractivity contribution is 5.81. The Morgan fingerprint density at radius 3 is 2.93 bits per heavy atom. The smallest absolute Gasteiger partial charge is 0.226 e. The van der Waals surface area contributed by atoms with E-state index in [1.807, 2.05) is 0 Å². The molecule has 0 bridgehead atoms. The Hall–Kier alpha value is -0.610. The number of aliphatic hydroxyl groups is 1. The molecule has 1 N–H and O–H groups in total. The van der Waals surface area contributed by atoms with Gasteiger partial charge < -0.3 is 14.7 Å². The van der Waals surface area contributed by atoms with Gasteiger partial charge in [0.15, 0.2) is 0 Å². The first kappa shape index (κ1) is 9.93. The Labute approximate surface area is 83.8 Å². The van der Waals surface area contributed by atoms with Gasteiger partial charge in [0.05, 0.1) is 19.3 Å². The van der Waals surface area contributed by atoms with Gasteiger partial charge in [0.25, 0.3) is 0 Å². The first-order chi connectivity index (χ1) is 6.68. The molecule has 2 fully saturated rings. The van der Waals surface area contributed by atoms with E-state index in [1.54, 1.807) is 4.90 Å². The van der Waals surface area contributed by atoms with Gasteiger partial charge in [0.1, 0.15) is 0 Å². The summed E-state index contributed by atoms with van der Waals surface area (Å²) in [7, 11) is 0. The number of carbonyl (C=O) groups is 1. The summed E-state index contributed by atoms with van der Waals surface area (Å²) in [6.07, 6.45) is 0.488. The summed E-state index contributed by atoms with van der Waals surface area (Å²) in [6, 6.07) is 0. The van der Waals surface area contributed by atoms with E-state index in [4.69, 9.17) is 4.74 Å². The molecule has 0 spiro atoms. The van der Waals surface area contributed by atoms with Crippen LogP contribution in [0, 0.1) is 11.8 Å². The third kappa shape index (κ3) is 2.07. The van der Waals surface area contributed by atoms with Crippen molar-refractivity contribution in [2.45, 2.75) is 19.4 Å². The first-order valence-corrected chi connectivity index (χ1v) is 5.23. The van der Waals surface area contributed by atoms with Crippen LogP contribution in [0.1, 0.15) is 13.3 Å². The molecule has 2 aliphatic rings. The number of hydrogen-bond donors (Lipinski definition) is 1. The van der Waals surface area contributed by atoms with E-state index in [1.165, 1.54) is 0 Å². The molecule has 14 heavy (non-hydrogen) atoms. The zero-order chi connectivity index (χ0) is 10.1. The van der Waals surface area contributed by atoms with Crippen molar-refractivity contribution in [2.75, 3.05) is 26.3 Å². The number of hydrogen-bond acceptors (Lipinski definition) is 3. The van der Waals surface area contributed by atoms with E-state index >= 15 is 0 Å². The number of amides is 1. The number of β-amino-alcohol motifs (C(OH)–C–C–N with tert-alkyl or cyclic N) is 1. The predicted molar refractivity (Wildman–Crippen MR) is 50.7 cm³/mol. The second-order valence-electron chi connectivity index (χ2n) is 4.33. The van der Waals surface area contributed by atoms with Gasteiger partial charge in [0.2, 0.25) is 5.91 Å². The predicted octanol–water partition coefficient (Wildman–Crippen LogP) is -0.138. The van der Waals surface area contributed by atoms with Crippen LogP contribution in [-0.2, 0) is 9.53 Å². The Morgan fingerprint density at radius 2 is 2.29 bits per heavy atom. The molecule has 4 heteroatoms. The Kier molecular flexibility index (Phi) is 2.74. The second kappa shape index (κ2) is 3.87. The molecule has 0 aromatic carbocycles. The number of nitrogens with zero attached hydrogens (tertiary/aromatic N) is 1. The Balaban J connectivity index is 1.91. The fourth-order valence-electron chi connectivity index (χ4n) is 1.89. The van der Waals surface area contributed by atoms with E-state index in [9.17, 15) is 9.90 Å². The van der Waals surface area contributed by atoms with E-state index < -0.39 is 6.10 Å². The fraction of sp³-hybridized carbons (Fsp3) is 0.900. The molecule has 2 rings (SSSR count). The van der Waals surface area contributed by atoms with Gasteiger partial charge in [-0.05, 0) is 12.3 Å². The van der Waals surface area contributed by atoms with Crippen LogP contribution in [0.4, 0.5) is 0 Å². The van der Waals surface area contributed by atoms with Gasteiger partial charge in [-0.25, -0.2) is 0 Å². The molecular weight excluding hydrogens is 182 g/mol. The lowest BCUT2D eigenvalue weighted by Gasteiger charge is -2.21. The molecule has 1 saturated heterocycles. The Morgan fingerprint density at radius 1 is 1.57 bits per heavy atom. The molecule has 1 saturated carbocycles. The van der Waals surface area contributed by atoms with Crippen molar-refractivity contribution in [2.24, 2.45) is 11.8 Å². The number of rotatable bonds is 1. The van der Waals surface area contributed by atoms with E-state index in [-0.39, 0.29) is 11.8 Å². The summed E-state index contributed by atoms with van der Waals surface area (Å²) in [4.78, 5) is 13.6. The van der Waals surface area contributed by atoms with Crippen molar-refractivity contribution in [1.82, 2.24) is 4.90 Å². The zero-order valence-corrected chi connectivity index (χ0v) is 8.48. The van der Waals surface area contributed by atoms with Crippen molar-refractivity contribution in [3.63, 3.8) is 0 Å². The lowest BCUT2D eigenvalue weighted by atomic mass is 10.2.